The zero-order valence-corrected chi connectivity index (χ0v) is 15.5. The Labute approximate surface area is 155 Å². The van der Waals surface area contributed by atoms with Crippen LogP contribution >= 0.6 is 11.8 Å². The van der Waals surface area contributed by atoms with E-state index in [0.717, 1.165) is 11.3 Å². The first-order chi connectivity index (χ1) is 12.6. The summed E-state index contributed by atoms with van der Waals surface area (Å²) in [4.78, 5) is 12.6. The van der Waals surface area contributed by atoms with Crippen LogP contribution in [0.3, 0.4) is 0 Å². The maximum Gasteiger partial charge on any atom is 0.214 e. The Morgan fingerprint density at radius 3 is 2.58 bits per heavy atom. The molecule has 3 rings (SSSR count). The summed E-state index contributed by atoms with van der Waals surface area (Å²) < 4.78 is 12.1. The second kappa shape index (κ2) is 8.01. The minimum absolute atomic E-state index is 0.0760. The maximum atomic E-state index is 12.6. The lowest BCUT2D eigenvalue weighted by molar-refractivity contribution is 0.101. The smallest absolute Gasteiger partial charge is 0.214 e. The van der Waals surface area contributed by atoms with Crippen LogP contribution in [0.15, 0.2) is 47.6 Å². The summed E-state index contributed by atoms with van der Waals surface area (Å²) in [7, 11) is 3.09. The second-order valence-corrected chi connectivity index (χ2v) is 6.43. The maximum absolute atomic E-state index is 12.6. The first-order valence-corrected chi connectivity index (χ1v) is 8.84. The fraction of sp³-hybridized carbons (Fsp3) is 0.222. The quantitative estimate of drug-likeness (QED) is 0.467. The molecule has 3 aromatic rings. The molecule has 0 aliphatic rings. The van der Waals surface area contributed by atoms with E-state index in [1.165, 1.54) is 18.9 Å². The van der Waals surface area contributed by atoms with E-state index in [1.807, 2.05) is 31.2 Å². The minimum Gasteiger partial charge on any atom is -0.497 e. The molecule has 0 fully saturated rings. The van der Waals surface area contributed by atoms with E-state index in [0.29, 0.717) is 22.2 Å². The van der Waals surface area contributed by atoms with Gasteiger partial charge < -0.3 is 9.47 Å². The molecular formula is C18H18N4O3S. The monoisotopic (exact) mass is 370 g/mol. The molecule has 0 aliphatic heterocycles. The number of hydrogen-bond acceptors (Lipinski definition) is 7. The van der Waals surface area contributed by atoms with Crippen molar-refractivity contribution in [2.45, 2.75) is 12.1 Å². The molecule has 0 atom stereocenters. The van der Waals surface area contributed by atoms with E-state index in [9.17, 15) is 4.79 Å². The summed E-state index contributed by atoms with van der Waals surface area (Å²) in [6.45, 7) is 2.01. The van der Waals surface area contributed by atoms with Gasteiger partial charge in [0.05, 0.1) is 31.2 Å². The van der Waals surface area contributed by atoms with Gasteiger partial charge in [-0.05, 0) is 41.6 Å². The van der Waals surface area contributed by atoms with Gasteiger partial charge in [-0.15, -0.1) is 5.10 Å². The Bertz CT molecular complexity index is 909. The molecular weight excluding hydrogens is 352 g/mol. The Morgan fingerprint density at radius 1 is 1.12 bits per heavy atom. The number of aryl methyl sites for hydroxylation is 1. The summed E-state index contributed by atoms with van der Waals surface area (Å²) in [5.41, 5.74) is 2.49. The Kier molecular flexibility index (Phi) is 5.52. The number of ketones is 1. The third-order valence-electron chi connectivity index (χ3n) is 3.76. The molecule has 0 amide bonds. The first kappa shape index (κ1) is 17.9. The van der Waals surface area contributed by atoms with Crippen molar-refractivity contribution < 1.29 is 14.3 Å². The number of tetrazole rings is 1. The van der Waals surface area contributed by atoms with Crippen LogP contribution in [0.4, 0.5) is 0 Å². The topological polar surface area (TPSA) is 79.1 Å². The predicted molar refractivity (Wildman–Crippen MR) is 98.5 cm³/mol. The van der Waals surface area contributed by atoms with Gasteiger partial charge in [-0.25, -0.2) is 0 Å². The number of nitrogens with zero attached hydrogens (tertiary/aromatic N) is 4. The minimum atomic E-state index is -0.0760. The number of Topliss-reactive ketones (excluding diaryl/α,β-unsaturated/α-hetero) is 1. The highest BCUT2D eigenvalue weighted by atomic mass is 32.2. The van der Waals surface area contributed by atoms with Crippen LogP contribution in [0.25, 0.3) is 5.69 Å². The van der Waals surface area contributed by atoms with Crippen molar-refractivity contribution in [2.24, 2.45) is 0 Å². The zero-order valence-electron chi connectivity index (χ0n) is 14.7. The van der Waals surface area contributed by atoms with Gasteiger partial charge in [0.25, 0.3) is 0 Å². The van der Waals surface area contributed by atoms with Crippen molar-refractivity contribution in [3.63, 3.8) is 0 Å². The number of thioether (sulfide) groups is 1. The molecule has 0 N–H and O–H groups in total. The van der Waals surface area contributed by atoms with Crippen molar-refractivity contribution >= 4 is 17.5 Å². The summed E-state index contributed by atoms with van der Waals surface area (Å²) >= 11 is 1.28. The van der Waals surface area contributed by atoms with Crippen LogP contribution in [0.1, 0.15) is 15.9 Å². The van der Waals surface area contributed by atoms with Gasteiger partial charge in [0.1, 0.15) is 11.5 Å². The number of benzene rings is 2. The lowest BCUT2D eigenvalue weighted by atomic mass is 10.1. The average molecular weight is 370 g/mol. The molecule has 1 heterocycles. The third-order valence-corrected chi connectivity index (χ3v) is 4.68. The number of carbonyl (C=O) groups excluding carboxylic acids is 1. The Balaban J connectivity index is 1.75. The molecule has 0 bridgehead atoms. The molecule has 0 radical (unpaired) electrons. The Hall–Kier alpha value is -2.87. The van der Waals surface area contributed by atoms with Crippen molar-refractivity contribution in [3.05, 3.63) is 53.6 Å². The van der Waals surface area contributed by atoms with Crippen molar-refractivity contribution in [3.8, 4) is 17.2 Å². The van der Waals surface area contributed by atoms with E-state index in [1.54, 1.807) is 30.0 Å². The van der Waals surface area contributed by atoms with Gasteiger partial charge in [0.2, 0.25) is 5.16 Å². The molecule has 1 aromatic heterocycles. The van der Waals surface area contributed by atoms with E-state index < -0.39 is 0 Å². The number of carbonyl (C=O) groups is 1. The molecule has 0 saturated carbocycles. The van der Waals surface area contributed by atoms with Gasteiger partial charge in [0, 0.05) is 6.07 Å². The van der Waals surface area contributed by atoms with Crippen LogP contribution in [0, 0.1) is 6.92 Å². The summed E-state index contributed by atoms with van der Waals surface area (Å²) in [6.07, 6.45) is 0. The van der Waals surface area contributed by atoms with Gasteiger partial charge >= 0.3 is 0 Å². The Morgan fingerprint density at radius 2 is 1.88 bits per heavy atom. The summed E-state index contributed by atoms with van der Waals surface area (Å²) in [6, 6.07) is 13.0. The highest BCUT2D eigenvalue weighted by Crippen LogP contribution is 2.27. The lowest BCUT2D eigenvalue weighted by Crippen LogP contribution is -2.07. The van der Waals surface area contributed by atoms with Crippen LogP contribution < -0.4 is 9.47 Å². The predicted octanol–water partition coefficient (Wildman–Crippen LogP) is 2.96. The summed E-state index contributed by atoms with van der Waals surface area (Å²) in [5, 5.41) is 12.3. The number of aromatic nitrogens is 4. The number of ether oxygens (including phenoxy) is 2. The van der Waals surface area contributed by atoms with Crippen LogP contribution in [0.2, 0.25) is 0 Å². The van der Waals surface area contributed by atoms with E-state index >= 15 is 0 Å². The van der Waals surface area contributed by atoms with E-state index in [2.05, 4.69) is 15.5 Å². The highest BCUT2D eigenvalue weighted by molar-refractivity contribution is 7.99. The number of hydrogen-bond donors (Lipinski definition) is 0. The largest absolute Gasteiger partial charge is 0.497 e. The van der Waals surface area contributed by atoms with Crippen LogP contribution in [-0.2, 0) is 0 Å². The van der Waals surface area contributed by atoms with Gasteiger partial charge in [-0.1, -0.05) is 29.5 Å². The van der Waals surface area contributed by atoms with Crippen molar-refractivity contribution in [1.29, 1.82) is 0 Å². The zero-order chi connectivity index (χ0) is 18.5. The second-order valence-electron chi connectivity index (χ2n) is 5.49. The first-order valence-electron chi connectivity index (χ1n) is 7.86. The fourth-order valence-electron chi connectivity index (χ4n) is 2.35. The molecule has 0 spiro atoms. The van der Waals surface area contributed by atoms with Gasteiger partial charge in [0.15, 0.2) is 5.78 Å². The summed E-state index contributed by atoms with van der Waals surface area (Å²) in [5.74, 6) is 1.23. The third kappa shape index (κ3) is 3.85. The van der Waals surface area contributed by atoms with Gasteiger partial charge in [-0.2, -0.15) is 4.68 Å². The molecule has 0 saturated heterocycles. The van der Waals surface area contributed by atoms with Crippen LogP contribution in [0.5, 0.6) is 11.5 Å². The molecule has 134 valence electrons. The van der Waals surface area contributed by atoms with Crippen molar-refractivity contribution in [1.82, 2.24) is 20.2 Å². The molecule has 2 aromatic carbocycles. The number of methoxy groups -OCH3 is 2. The molecule has 0 aliphatic carbocycles. The normalized spacial score (nSPS) is 10.6. The van der Waals surface area contributed by atoms with E-state index in [4.69, 9.17) is 9.47 Å². The number of rotatable bonds is 7. The van der Waals surface area contributed by atoms with Crippen molar-refractivity contribution in [2.75, 3.05) is 20.0 Å². The highest BCUT2D eigenvalue weighted by Gasteiger charge is 2.16. The standard InChI is InChI=1S/C18H18N4O3S/c1-12-4-6-13(7-5-12)22-18(19-20-21-22)26-11-16(23)15-9-8-14(24-2)10-17(15)25-3/h4-10H,11H2,1-3H3. The van der Waals surface area contributed by atoms with Crippen LogP contribution in [-0.4, -0.2) is 46.0 Å². The van der Waals surface area contributed by atoms with Gasteiger partial charge in [-0.3, -0.25) is 4.79 Å². The fourth-order valence-corrected chi connectivity index (χ4v) is 3.13. The lowest BCUT2D eigenvalue weighted by Gasteiger charge is -2.09. The molecule has 26 heavy (non-hydrogen) atoms. The molecule has 8 heteroatoms. The van der Waals surface area contributed by atoms with E-state index in [-0.39, 0.29) is 11.5 Å². The molecule has 0 unspecified atom stereocenters. The molecule has 7 nitrogen and oxygen atoms in total. The SMILES string of the molecule is COc1ccc(C(=O)CSc2nnnn2-c2ccc(C)cc2)c(OC)c1. The average Bonchev–Trinajstić information content (AvgIpc) is 3.14.